The molecule has 6 nitrogen and oxygen atoms in total. The Hall–Kier alpha value is -3.93. The van der Waals surface area contributed by atoms with Crippen molar-refractivity contribution in [2.45, 2.75) is 6.92 Å². The monoisotopic (exact) mass is 432 g/mol. The number of nitrogens with one attached hydrogen (secondary N) is 2. The van der Waals surface area contributed by atoms with Crippen molar-refractivity contribution in [1.29, 1.82) is 0 Å². The zero-order valence-corrected chi connectivity index (χ0v) is 18.2. The fourth-order valence-corrected chi connectivity index (χ4v) is 2.78. The number of rotatable bonds is 12. The number of ether oxygens (including phenoxy) is 3. The van der Waals surface area contributed by atoms with Gasteiger partial charge in [0.15, 0.2) is 0 Å². The van der Waals surface area contributed by atoms with Gasteiger partial charge in [-0.2, -0.15) is 0 Å². The van der Waals surface area contributed by atoms with Crippen LogP contribution in [-0.4, -0.2) is 32.3 Å². The van der Waals surface area contributed by atoms with E-state index in [1.165, 1.54) is 0 Å². The predicted molar refractivity (Wildman–Crippen MR) is 128 cm³/mol. The summed E-state index contributed by atoms with van der Waals surface area (Å²) in [5, 5.41) is 5.98. The summed E-state index contributed by atoms with van der Waals surface area (Å²) in [7, 11) is 0. The fourth-order valence-electron chi connectivity index (χ4n) is 2.78. The Morgan fingerprint density at radius 2 is 1.47 bits per heavy atom. The number of hydrogen-bond acceptors (Lipinski definition) is 5. The lowest BCUT2D eigenvalue weighted by Crippen LogP contribution is -2.22. The van der Waals surface area contributed by atoms with Crippen LogP contribution in [0.2, 0.25) is 0 Å². The molecule has 3 rings (SSSR count). The van der Waals surface area contributed by atoms with Gasteiger partial charge in [-0.3, -0.25) is 4.79 Å². The van der Waals surface area contributed by atoms with Crippen molar-refractivity contribution >= 4 is 17.3 Å². The van der Waals surface area contributed by atoms with Crippen LogP contribution in [0.25, 0.3) is 0 Å². The van der Waals surface area contributed by atoms with Gasteiger partial charge in [0.25, 0.3) is 0 Å². The van der Waals surface area contributed by atoms with Crippen LogP contribution >= 0.6 is 0 Å². The average Bonchev–Trinajstić information content (AvgIpc) is 2.81. The molecule has 0 radical (unpaired) electrons. The zero-order valence-electron chi connectivity index (χ0n) is 18.2. The van der Waals surface area contributed by atoms with E-state index >= 15 is 0 Å². The minimum absolute atomic E-state index is 0.122. The Bertz CT molecular complexity index is 1000. The maximum atomic E-state index is 12.4. The number of carbonyl (C=O) groups is 1. The van der Waals surface area contributed by atoms with Crippen LogP contribution in [0.5, 0.6) is 17.2 Å². The third-order valence-electron chi connectivity index (χ3n) is 4.31. The van der Waals surface area contributed by atoms with Gasteiger partial charge in [0.1, 0.15) is 37.1 Å². The highest BCUT2D eigenvalue weighted by atomic mass is 16.5. The molecule has 0 unspecified atom stereocenters. The van der Waals surface area contributed by atoms with Crippen molar-refractivity contribution in [2.24, 2.45) is 0 Å². The van der Waals surface area contributed by atoms with Crippen molar-refractivity contribution in [3.8, 4) is 17.2 Å². The maximum Gasteiger partial charge on any atom is 0.243 e. The van der Waals surface area contributed by atoms with Crippen LogP contribution in [0.4, 0.5) is 11.4 Å². The molecule has 0 spiro atoms. The molecule has 0 aliphatic carbocycles. The minimum Gasteiger partial charge on any atom is -0.490 e. The second kappa shape index (κ2) is 12.1. The van der Waals surface area contributed by atoms with Gasteiger partial charge in [-0.15, -0.1) is 0 Å². The summed E-state index contributed by atoms with van der Waals surface area (Å²) < 4.78 is 17.0. The summed E-state index contributed by atoms with van der Waals surface area (Å²) in [6, 6.07) is 24.3. The molecule has 0 aliphatic rings. The molecule has 0 saturated heterocycles. The van der Waals surface area contributed by atoms with Crippen LogP contribution in [0.1, 0.15) is 6.92 Å². The van der Waals surface area contributed by atoms with E-state index in [0.29, 0.717) is 31.3 Å². The highest BCUT2D eigenvalue weighted by Crippen LogP contribution is 2.24. The van der Waals surface area contributed by atoms with E-state index in [9.17, 15) is 4.79 Å². The molecule has 0 aliphatic heterocycles. The molecule has 0 atom stereocenters. The number of benzene rings is 3. The van der Waals surface area contributed by atoms with E-state index in [0.717, 1.165) is 22.8 Å². The van der Waals surface area contributed by atoms with E-state index in [4.69, 9.17) is 14.2 Å². The van der Waals surface area contributed by atoms with E-state index < -0.39 is 0 Å². The zero-order chi connectivity index (χ0) is 22.6. The average molecular weight is 433 g/mol. The number of amides is 1. The number of carbonyl (C=O) groups excluding carboxylic acids is 1. The van der Waals surface area contributed by atoms with Crippen molar-refractivity contribution in [1.82, 2.24) is 0 Å². The summed E-state index contributed by atoms with van der Waals surface area (Å²) in [5.74, 6) is 1.96. The third-order valence-corrected chi connectivity index (χ3v) is 4.31. The second-order valence-corrected chi connectivity index (χ2v) is 7.18. The predicted octanol–water partition coefficient (Wildman–Crippen LogP) is 5.15. The summed E-state index contributed by atoms with van der Waals surface area (Å²) in [6.07, 6.45) is 0. The van der Waals surface area contributed by atoms with Gasteiger partial charge in [0, 0.05) is 5.69 Å². The Labute approximate surface area is 188 Å². The minimum atomic E-state index is -0.177. The Balaban J connectivity index is 1.44. The summed E-state index contributed by atoms with van der Waals surface area (Å²) in [6.45, 7) is 7.09. The molecule has 6 heteroatoms. The maximum absolute atomic E-state index is 12.4. The van der Waals surface area contributed by atoms with Crippen LogP contribution in [0, 0.1) is 0 Å². The topological polar surface area (TPSA) is 68.8 Å². The van der Waals surface area contributed by atoms with E-state index in [1.54, 1.807) is 6.07 Å². The van der Waals surface area contributed by atoms with Crippen molar-refractivity contribution in [3.05, 3.63) is 91.0 Å². The molecule has 3 aromatic rings. The Morgan fingerprint density at radius 3 is 2.22 bits per heavy atom. The van der Waals surface area contributed by atoms with Crippen LogP contribution in [-0.2, 0) is 4.79 Å². The molecule has 2 N–H and O–H groups in total. The lowest BCUT2D eigenvalue weighted by molar-refractivity contribution is -0.114. The summed E-state index contributed by atoms with van der Waals surface area (Å²) in [5.41, 5.74) is 2.39. The molecule has 32 heavy (non-hydrogen) atoms. The van der Waals surface area contributed by atoms with Crippen molar-refractivity contribution in [3.63, 3.8) is 0 Å². The van der Waals surface area contributed by atoms with Crippen molar-refractivity contribution < 1.29 is 19.0 Å². The smallest absolute Gasteiger partial charge is 0.243 e. The van der Waals surface area contributed by atoms with Gasteiger partial charge in [0.05, 0.1) is 12.2 Å². The first kappa shape index (κ1) is 22.7. The summed E-state index contributed by atoms with van der Waals surface area (Å²) in [4.78, 5) is 12.4. The molecule has 0 fully saturated rings. The molecular formula is C26H28N2O4. The first-order chi connectivity index (χ1) is 15.6. The molecule has 0 aromatic heterocycles. The molecule has 3 aromatic carbocycles. The Morgan fingerprint density at radius 1 is 0.812 bits per heavy atom. The normalized spacial score (nSPS) is 10.2. The fraction of sp³-hybridized carbons (Fsp3) is 0.192. The van der Waals surface area contributed by atoms with Crippen molar-refractivity contribution in [2.75, 3.05) is 37.0 Å². The Kier molecular flexibility index (Phi) is 8.57. The molecule has 166 valence electrons. The third kappa shape index (κ3) is 7.72. The van der Waals surface area contributed by atoms with Crippen LogP contribution < -0.4 is 24.8 Å². The molecule has 0 saturated carbocycles. The van der Waals surface area contributed by atoms with Gasteiger partial charge in [-0.1, -0.05) is 36.9 Å². The SMILES string of the molecule is C=C(C)COc1ccc(NCC(=O)Nc2ccccc2OCCOc2ccccc2)cc1. The molecular weight excluding hydrogens is 404 g/mol. The first-order valence-corrected chi connectivity index (χ1v) is 10.4. The van der Waals surface area contributed by atoms with E-state index in [1.807, 2.05) is 79.7 Å². The highest BCUT2D eigenvalue weighted by molar-refractivity contribution is 5.95. The number of anilines is 2. The first-order valence-electron chi connectivity index (χ1n) is 10.4. The molecule has 1 amide bonds. The second-order valence-electron chi connectivity index (χ2n) is 7.18. The lowest BCUT2D eigenvalue weighted by atomic mass is 10.3. The van der Waals surface area contributed by atoms with Crippen LogP contribution in [0.3, 0.4) is 0 Å². The highest BCUT2D eigenvalue weighted by Gasteiger charge is 2.08. The quantitative estimate of drug-likeness (QED) is 0.306. The lowest BCUT2D eigenvalue weighted by Gasteiger charge is -2.14. The van der Waals surface area contributed by atoms with Gasteiger partial charge >= 0.3 is 0 Å². The van der Waals surface area contributed by atoms with Gasteiger partial charge < -0.3 is 24.8 Å². The number of para-hydroxylation sites is 3. The van der Waals surface area contributed by atoms with Gasteiger partial charge in [0.2, 0.25) is 5.91 Å². The van der Waals surface area contributed by atoms with E-state index in [-0.39, 0.29) is 12.5 Å². The van der Waals surface area contributed by atoms with Gasteiger partial charge in [-0.05, 0) is 61.0 Å². The largest absolute Gasteiger partial charge is 0.490 e. The van der Waals surface area contributed by atoms with Gasteiger partial charge in [-0.25, -0.2) is 0 Å². The molecule has 0 bridgehead atoms. The standard InChI is InChI=1S/C26H28N2O4/c1-20(2)19-32-23-14-12-21(13-15-23)27-18-26(29)28-24-10-6-7-11-25(24)31-17-16-30-22-8-4-3-5-9-22/h3-15,27H,1,16-19H2,2H3,(H,28,29). The number of hydrogen-bond donors (Lipinski definition) is 2. The van der Waals surface area contributed by atoms with Crippen LogP contribution in [0.15, 0.2) is 91.0 Å². The van der Waals surface area contributed by atoms with E-state index in [2.05, 4.69) is 17.2 Å². The summed E-state index contributed by atoms with van der Waals surface area (Å²) >= 11 is 0. The molecule has 0 heterocycles.